The molecule has 0 atom stereocenters. The fourth-order valence-electron chi connectivity index (χ4n) is 1.14. The molecule has 0 radical (unpaired) electrons. The van der Waals surface area contributed by atoms with Gasteiger partial charge >= 0.3 is 0 Å². The summed E-state index contributed by atoms with van der Waals surface area (Å²) in [7, 11) is 0. The van der Waals surface area contributed by atoms with E-state index in [0.29, 0.717) is 17.1 Å². The van der Waals surface area contributed by atoms with Gasteiger partial charge in [-0.2, -0.15) is 0 Å². The lowest BCUT2D eigenvalue weighted by Gasteiger charge is -2.01. The first-order valence-electron chi connectivity index (χ1n) is 4.41. The zero-order valence-electron chi connectivity index (χ0n) is 8.10. The summed E-state index contributed by atoms with van der Waals surface area (Å²) in [6, 6.07) is 5.28. The Labute approximate surface area is 86.1 Å². The van der Waals surface area contributed by atoms with Crippen molar-refractivity contribution in [2.45, 2.75) is 6.92 Å². The van der Waals surface area contributed by atoms with Crippen molar-refractivity contribution in [3.63, 3.8) is 0 Å². The van der Waals surface area contributed by atoms with Crippen molar-refractivity contribution < 1.29 is 9.32 Å². The van der Waals surface area contributed by atoms with Crippen LogP contribution in [0.3, 0.4) is 0 Å². The number of pyridine rings is 1. The molecular formula is C10H9N3O2. The first-order chi connectivity index (χ1) is 7.27. The minimum absolute atomic E-state index is 0.271. The molecule has 0 saturated carbocycles. The maximum Gasteiger partial charge on any atom is 0.262 e. The molecule has 0 fully saturated rings. The molecule has 2 heterocycles. The fourth-order valence-corrected chi connectivity index (χ4v) is 1.14. The minimum Gasteiger partial charge on any atom is -0.361 e. The Morgan fingerprint density at radius 3 is 2.93 bits per heavy atom. The Morgan fingerprint density at radius 2 is 2.33 bits per heavy atom. The monoisotopic (exact) mass is 203 g/mol. The molecule has 0 bridgehead atoms. The highest BCUT2D eigenvalue weighted by Crippen LogP contribution is 2.09. The van der Waals surface area contributed by atoms with Crippen LogP contribution in [0, 0.1) is 6.92 Å². The summed E-state index contributed by atoms with van der Waals surface area (Å²) >= 11 is 0. The summed E-state index contributed by atoms with van der Waals surface area (Å²) < 4.78 is 4.79. The second-order valence-corrected chi connectivity index (χ2v) is 2.96. The lowest BCUT2D eigenvalue weighted by atomic mass is 10.2. The van der Waals surface area contributed by atoms with Gasteiger partial charge in [0.15, 0.2) is 0 Å². The zero-order chi connectivity index (χ0) is 10.7. The summed E-state index contributed by atoms with van der Waals surface area (Å²) in [5.74, 6) is 0.721. The first kappa shape index (κ1) is 9.39. The molecule has 5 nitrogen and oxygen atoms in total. The summed E-state index contributed by atoms with van der Waals surface area (Å²) in [5, 5.41) is 6.16. The van der Waals surface area contributed by atoms with E-state index >= 15 is 0 Å². The van der Waals surface area contributed by atoms with E-state index in [0.717, 1.165) is 0 Å². The van der Waals surface area contributed by atoms with Crippen LogP contribution >= 0.6 is 0 Å². The number of anilines is 1. The van der Waals surface area contributed by atoms with Gasteiger partial charge in [0.25, 0.3) is 5.91 Å². The normalized spacial score (nSPS) is 9.93. The van der Waals surface area contributed by atoms with Gasteiger partial charge in [0.2, 0.25) is 0 Å². The van der Waals surface area contributed by atoms with Gasteiger partial charge in [-0.15, -0.1) is 0 Å². The second kappa shape index (κ2) is 3.91. The lowest BCUT2D eigenvalue weighted by Crippen LogP contribution is -2.12. The van der Waals surface area contributed by atoms with E-state index in [1.807, 2.05) is 0 Å². The van der Waals surface area contributed by atoms with Gasteiger partial charge in [0, 0.05) is 6.20 Å². The predicted molar refractivity (Wildman–Crippen MR) is 53.4 cm³/mol. The number of aromatic nitrogens is 2. The number of carbonyl (C=O) groups is 1. The number of nitrogens with zero attached hydrogens (tertiary/aromatic N) is 2. The van der Waals surface area contributed by atoms with Crippen molar-refractivity contribution in [1.82, 2.24) is 10.1 Å². The highest BCUT2D eigenvalue weighted by atomic mass is 16.5. The average molecular weight is 203 g/mol. The van der Waals surface area contributed by atoms with Gasteiger partial charge in [-0.3, -0.25) is 4.79 Å². The molecule has 0 aliphatic heterocycles. The predicted octanol–water partition coefficient (Wildman–Crippen LogP) is 1.63. The molecule has 0 aliphatic rings. The molecule has 2 aromatic rings. The topological polar surface area (TPSA) is 68.0 Å². The van der Waals surface area contributed by atoms with Crippen molar-refractivity contribution in [2.75, 3.05) is 5.32 Å². The van der Waals surface area contributed by atoms with Crippen molar-refractivity contribution in [3.8, 4) is 0 Å². The molecule has 0 aromatic carbocycles. The number of amides is 1. The molecule has 15 heavy (non-hydrogen) atoms. The largest absolute Gasteiger partial charge is 0.361 e. The average Bonchev–Trinajstić information content (AvgIpc) is 2.66. The molecule has 76 valence electrons. The minimum atomic E-state index is -0.271. The number of carbonyl (C=O) groups excluding carboxylic acids is 1. The van der Waals surface area contributed by atoms with E-state index in [-0.39, 0.29) is 5.91 Å². The maximum absolute atomic E-state index is 11.6. The van der Waals surface area contributed by atoms with Crippen molar-refractivity contribution in [3.05, 3.63) is 41.9 Å². The van der Waals surface area contributed by atoms with Crippen molar-refractivity contribution >= 4 is 11.7 Å². The van der Waals surface area contributed by atoms with E-state index in [9.17, 15) is 4.79 Å². The van der Waals surface area contributed by atoms with Gasteiger partial charge in [0.05, 0.1) is 6.20 Å². The van der Waals surface area contributed by atoms with Crippen LogP contribution in [0.15, 0.2) is 35.1 Å². The molecule has 0 saturated heterocycles. The Kier molecular flexibility index (Phi) is 2.45. The highest BCUT2D eigenvalue weighted by Gasteiger charge is 2.12. The van der Waals surface area contributed by atoms with Crippen LogP contribution in [-0.4, -0.2) is 16.0 Å². The molecule has 0 unspecified atom stereocenters. The second-order valence-electron chi connectivity index (χ2n) is 2.96. The molecule has 0 aliphatic carbocycles. The Bertz CT molecular complexity index is 465. The fraction of sp³-hybridized carbons (Fsp3) is 0.100. The maximum atomic E-state index is 11.6. The van der Waals surface area contributed by atoms with Gasteiger partial charge in [-0.1, -0.05) is 11.2 Å². The highest BCUT2D eigenvalue weighted by molar-refractivity contribution is 6.04. The van der Waals surface area contributed by atoms with E-state index in [2.05, 4.69) is 15.5 Å². The van der Waals surface area contributed by atoms with Crippen molar-refractivity contribution in [1.29, 1.82) is 0 Å². The van der Waals surface area contributed by atoms with Crippen LogP contribution < -0.4 is 5.32 Å². The number of hydrogen-bond acceptors (Lipinski definition) is 4. The third kappa shape index (κ3) is 2.01. The quantitative estimate of drug-likeness (QED) is 0.805. The van der Waals surface area contributed by atoms with Gasteiger partial charge in [-0.05, 0) is 19.1 Å². The Hall–Kier alpha value is -2.17. The van der Waals surface area contributed by atoms with Gasteiger partial charge in [0.1, 0.15) is 17.1 Å². The molecule has 5 heteroatoms. The van der Waals surface area contributed by atoms with Gasteiger partial charge < -0.3 is 9.84 Å². The summed E-state index contributed by atoms with van der Waals surface area (Å²) in [4.78, 5) is 15.6. The van der Waals surface area contributed by atoms with E-state index in [1.165, 1.54) is 6.20 Å². The van der Waals surface area contributed by atoms with E-state index in [1.54, 1.807) is 31.3 Å². The molecule has 2 rings (SSSR count). The smallest absolute Gasteiger partial charge is 0.262 e. The zero-order valence-corrected chi connectivity index (χ0v) is 8.10. The summed E-state index contributed by atoms with van der Waals surface area (Å²) in [5.41, 5.74) is 0.417. The SMILES string of the molecule is Cc1oncc1C(=O)Nc1ccccn1. The molecule has 0 spiro atoms. The number of hydrogen-bond donors (Lipinski definition) is 1. The van der Waals surface area contributed by atoms with Crippen LogP contribution in [0.5, 0.6) is 0 Å². The van der Waals surface area contributed by atoms with Crippen LogP contribution in [-0.2, 0) is 0 Å². The van der Waals surface area contributed by atoms with Crippen LogP contribution in [0.1, 0.15) is 16.1 Å². The van der Waals surface area contributed by atoms with Crippen molar-refractivity contribution in [2.24, 2.45) is 0 Å². The molecule has 2 aromatic heterocycles. The first-order valence-corrected chi connectivity index (χ1v) is 4.41. The van der Waals surface area contributed by atoms with Gasteiger partial charge in [-0.25, -0.2) is 4.98 Å². The van der Waals surface area contributed by atoms with Crippen LogP contribution in [0.2, 0.25) is 0 Å². The Balaban J connectivity index is 2.15. The van der Waals surface area contributed by atoms with Crippen LogP contribution in [0.4, 0.5) is 5.82 Å². The Morgan fingerprint density at radius 1 is 1.47 bits per heavy atom. The summed E-state index contributed by atoms with van der Waals surface area (Å²) in [6.45, 7) is 1.68. The summed E-state index contributed by atoms with van der Waals surface area (Å²) in [6.07, 6.45) is 2.99. The molecule has 1 amide bonds. The standard InChI is InChI=1S/C10H9N3O2/c1-7-8(6-12-15-7)10(14)13-9-4-2-3-5-11-9/h2-6H,1H3,(H,11,13,14). The third-order valence-corrected chi connectivity index (χ3v) is 1.90. The van der Waals surface area contributed by atoms with E-state index < -0.39 is 0 Å². The molecular weight excluding hydrogens is 194 g/mol. The number of aryl methyl sites for hydroxylation is 1. The number of nitrogens with one attached hydrogen (secondary N) is 1. The number of rotatable bonds is 2. The lowest BCUT2D eigenvalue weighted by molar-refractivity contribution is 0.102. The third-order valence-electron chi connectivity index (χ3n) is 1.90. The molecule has 1 N–H and O–H groups in total. The van der Waals surface area contributed by atoms with Crippen LogP contribution in [0.25, 0.3) is 0 Å². The van der Waals surface area contributed by atoms with E-state index in [4.69, 9.17) is 4.52 Å².